The number of imidazole rings is 1. The van der Waals surface area contributed by atoms with Gasteiger partial charge in [0.05, 0.1) is 16.7 Å². The van der Waals surface area contributed by atoms with E-state index in [9.17, 15) is 4.79 Å². The van der Waals surface area contributed by atoms with Crippen LogP contribution in [0.1, 0.15) is 5.69 Å². The molecule has 96 valence electrons. The van der Waals surface area contributed by atoms with Crippen molar-refractivity contribution in [2.45, 2.75) is 13.5 Å². The summed E-state index contributed by atoms with van der Waals surface area (Å²) < 4.78 is 6.78. The molecule has 0 fully saturated rings. The second kappa shape index (κ2) is 4.24. The minimum atomic E-state index is -0.930. The van der Waals surface area contributed by atoms with E-state index in [1.165, 1.54) is 0 Å². The molecule has 6 nitrogen and oxygen atoms in total. The number of fused-ring (bicyclic) bond motifs is 1. The number of nitrogens with zero attached hydrogens (tertiary/aromatic N) is 3. The molecule has 0 radical (unpaired) electrons. The third-order valence-electron chi connectivity index (χ3n) is 2.80. The molecule has 1 aromatic carbocycles. The van der Waals surface area contributed by atoms with E-state index in [0.29, 0.717) is 11.6 Å². The number of hydrogen-bond donors (Lipinski definition) is 1. The van der Waals surface area contributed by atoms with E-state index in [4.69, 9.17) is 9.63 Å². The molecule has 1 N–H and O–H groups in total. The molecular weight excluding hydrogens is 246 g/mol. The highest BCUT2D eigenvalue weighted by atomic mass is 16.5. The number of carboxylic acids is 1. The highest BCUT2D eigenvalue weighted by Crippen LogP contribution is 2.25. The van der Waals surface area contributed by atoms with Crippen LogP contribution in [0.2, 0.25) is 0 Å². The van der Waals surface area contributed by atoms with Gasteiger partial charge >= 0.3 is 5.97 Å². The highest BCUT2D eigenvalue weighted by molar-refractivity contribution is 5.82. The average Bonchev–Trinajstić information content (AvgIpc) is 2.94. The normalized spacial score (nSPS) is 11.0. The standard InChI is InChI=1S/C13H11N3O3/c1-8-6-11(19-15-8)13-14-9-4-2-3-5-10(9)16(13)7-12(17)18/h2-6H,7H2,1H3,(H,17,18). The Morgan fingerprint density at radius 1 is 1.42 bits per heavy atom. The Bertz CT molecular complexity index is 757. The first-order valence-corrected chi connectivity index (χ1v) is 5.76. The lowest BCUT2D eigenvalue weighted by Crippen LogP contribution is -2.09. The van der Waals surface area contributed by atoms with Crippen LogP contribution in [0.25, 0.3) is 22.6 Å². The van der Waals surface area contributed by atoms with E-state index in [1.807, 2.05) is 24.3 Å². The highest BCUT2D eigenvalue weighted by Gasteiger charge is 2.17. The largest absolute Gasteiger partial charge is 0.480 e. The van der Waals surface area contributed by atoms with Crippen molar-refractivity contribution in [3.63, 3.8) is 0 Å². The van der Waals surface area contributed by atoms with Crippen LogP contribution in [0.4, 0.5) is 0 Å². The first-order chi connectivity index (χ1) is 9.15. The molecule has 0 aliphatic heterocycles. The zero-order chi connectivity index (χ0) is 13.4. The molecule has 0 spiro atoms. The van der Waals surface area contributed by atoms with Crippen LogP contribution in [-0.4, -0.2) is 25.8 Å². The fourth-order valence-corrected chi connectivity index (χ4v) is 2.03. The molecule has 3 rings (SSSR count). The van der Waals surface area contributed by atoms with Crippen molar-refractivity contribution in [3.8, 4) is 11.6 Å². The summed E-state index contributed by atoms with van der Waals surface area (Å²) in [7, 11) is 0. The van der Waals surface area contributed by atoms with E-state index in [-0.39, 0.29) is 6.54 Å². The summed E-state index contributed by atoms with van der Waals surface area (Å²) in [6, 6.07) is 9.10. The van der Waals surface area contributed by atoms with Crippen molar-refractivity contribution in [2.24, 2.45) is 0 Å². The minimum absolute atomic E-state index is 0.171. The van der Waals surface area contributed by atoms with Gasteiger partial charge < -0.3 is 14.2 Å². The Labute approximate surface area is 108 Å². The van der Waals surface area contributed by atoms with Gasteiger partial charge in [0.15, 0.2) is 5.82 Å². The zero-order valence-electron chi connectivity index (χ0n) is 10.2. The Morgan fingerprint density at radius 2 is 2.21 bits per heavy atom. The summed E-state index contributed by atoms with van der Waals surface area (Å²) in [5, 5.41) is 12.8. The predicted octanol–water partition coefficient (Wildman–Crippen LogP) is 2.08. The van der Waals surface area contributed by atoms with Gasteiger partial charge in [0.25, 0.3) is 0 Å². The van der Waals surface area contributed by atoms with Crippen molar-refractivity contribution in [1.82, 2.24) is 14.7 Å². The summed E-state index contributed by atoms with van der Waals surface area (Å²) in [5.74, 6) is 0.0137. The zero-order valence-corrected chi connectivity index (χ0v) is 10.2. The summed E-state index contributed by atoms with van der Waals surface area (Å²) >= 11 is 0. The molecule has 0 aliphatic carbocycles. The number of para-hydroxylation sites is 2. The second-order valence-electron chi connectivity index (χ2n) is 4.24. The van der Waals surface area contributed by atoms with Crippen LogP contribution in [0.3, 0.4) is 0 Å². The molecular formula is C13H11N3O3. The van der Waals surface area contributed by atoms with E-state index < -0.39 is 5.97 Å². The Kier molecular flexibility index (Phi) is 2.56. The van der Waals surface area contributed by atoms with Gasteiger partial charge in [0.1, 0.15) is 6.54 Å². The van der Waals surface area contributed by atoms with Crippen LogP contribution in [0, 0.1) is 6.92 Å². The van der Waals surface area contributed by atoms with Gasteiger partial charge in [-0.15, -0.1) is 0 Å². The topological polar surface area (TPSA) is 81.2 Å². The van der Waals surface area contributed by atoms with Gasteiger partial charge in [-0.1, -0.05) is 17.3 Å². The van der Waals surface area contributed by atoms with Crippen LogP contribution in [0.5, 0.6) is 0 Å². The third kappa shape index (κ3) is 1.97. The fourth-order valence-electron chi connectivity index (χ4n) is 2.03. The van der Waals surface area contributed by atoms with Crippen LogP contribution >= 0.6 is 0 Å². The number of benzene rings is 1. The molecule has 0 bridgehead atoms. The second-order valence-corrected chi connectivity index (χ2v) is 4.24. The average molecular weight is 257 g/mol. The monoisotopic (exact) mass is 257 g/mol. The Hall–Kier alpha value is -2.63. The lowest BCUT2D eigenvalue weighted by atomic mass is 10.3. The van der Waals surface area contributed by atoms with Gasteiger partial charge in [-0.25, -0.2) is 4.98 Å². The lowest BCUT2D eigenvalue weighted by Gasteiger charge is -2.03. The van der Waals surface area contributed by atoms with Crippen molar-refractivity contribution >= 4 is 17.0 Å². The van der Waals surface area contributed by atoms with Crippen molar-refractivity contribution in [3.05, 3.63) is 36.0 Å². The molecule has 6 heteroatoms. The maximum atomic E-state index is 11.0. The molecule has 0 amide bonds. The van der Waals surface area contributed by atoms with Gasteiger partial charge in [0, 0.05) is 6.07 Å². The first kappa shape index (κ1) is 11.5. The third-order valence-corrected chi connectivity index (χ3v) is 2.80. The van der Waals surface area contributed by atoms with Crippen LogP contribution in [0.15, 0.2) is 34.9 Å². The Morgan fingerprint density at radius 3 is 2.89 bits per heavy atom. The number of aliphatic carboxylic acids is 1. The quantitative estimate of drug-likeness (QED) is 0.776. The number of hydrogen-bond acceptors (Lipinski definition) is 4. The molecule has 0 unspecified atom stereocenters. The van der Waals surface area contributed by atoms with Crippen molar-refractivity contribution in [2.75, 3.05) is 0 Å². The van der Waals surface area contributed by atoms with Gasteiger partial charge in [-0.2, -0.15) is 0 Å². The molecule has 3 aromatic rings. The molecule has 0 atom stereocenters. The van der Waals surface area contributed by atoms with Crippen LogP contribution in [-0.2, 0) is 11.3 Å². The smallest absolute Gasteiger partial charge is 0.323 e. The molecule has 0 saturated heterocycles. The summed E-state index contributed by atoms with van der Waals surface area (Å²) in [5.41, 5.74) is 2.21. The first-order valence-electron chi connectivity index (χ1n) is 5.76. The van der Waals surface area contributed by atoms with Gasteiger partial charge in [-0.05, 0) is 19.1 Å². The van der Waals surface area contributed by atoms with E-state index in [2.05, 4.69) is 10.1 Å². The van der Waals surface area contributed by atoms with E-state index in [1.54, 1.807) is 17.6 Å². The Balaban J connectivity index is 2.25. The van der Waals surface area contributed by atoms with Gasteiger partial charge in [-0.3, -0.25) is 4.79 Å². The number of aryl methyl sites for hydroxylation is 1. The minimum Gasteiger partial charge on any atom is -0.480 e. The van der Waals surface area contributed by atoms with Crippen molar-refractivity contribution < 1.29 is 14.4 Å². The summed E-state index contributed by atoms with van der Waals surface area (Å²) in [6.45, 7) is 1.63. The van der Waals surface area contributed by atoms with E-state index >= 15 is 0 Å². The summed E-state index contributed by atoms with van der Waals surface area (Å²) in [4.78, 5) is 15.4. The maximum Gasteiger partial charge on any atom is 0.323 e. The van der Waals surface area contributed by atoms with Crippen LogP contribution < -0.4 is 0 Å². The SMILES string of the molecule is Cc1cc(-c2nc3ccccc3n2CC(=O)O)on1. The molecule has 19 heavy (non-hydrogen) atoms. The van der Waals surface area contributed by atoms with Crippen molar-refractivity contribution in [1.29, 1.82) is 0 Å². The predicted molar refractivity (Wildman–Crippen MR) is 67.6 cm³/mol. The summed E-state index contributed by atoms with van der Waals surface area (Å²) in [6.07, 6.45) is 0. The molecule has 2 heterocycles. The molecule has 2 aromatic heterocycles. The maximum absolute atomic E-state index is 11.0. The number of aromatic nitrogens is 3. The fraction of sp³-hybridized carbons (Fsp3) is 0.154. The van der Waals surface area contributed by atoms with E-state index in [0.717, 1.165) is 16.7 Å². The molecule has 0 saturated carbocycles. The number of rotatable bonds is 3. The molecule has 0 aliphatic rings. The lowest BCUT2D eigenvalue weighted by molar-refractivity contribution is -0.137. The van der Waals surface area contributed by atoms with Gasteiger partial charge in [0.2, 0.25) is 5.76 Å². The number of carbonyl (C=O) groups is 1. The number of carboxylic acid groups (broad SMARTS) is 1.